The van der Waals surface area contributed by atoms with Crippen LogP contribution in [-0.4, -0.2) is 57.9 Å². The molecular formula is C19H30ClN7. The van der Waals surface area contributed by atoms with Gasteiger partial charge in [-0.2, -0.15) is 0 Å². The zero-order valence-electron chi connectivity index (χ0n) is 16.3. The van der Waals surface area contributed by atoms with Crippen LogP contribution in [0.2, 0.25) is 0 Å². The number of nitrogens with zero attached hydrogens (tertiary/aromatic N) is 6. The second-order valence-electron chi connectivity index (χ2n) is 7.39. The summed E-state index contributed by atoms with van der Waals surface area (Å²) >= 11 is 0. The van der Waals surface area contributed by atoms with E-state index in [1.54, 1.807) is 0 Å². The smallest absolute Gasteiger partial charge is 0.147 e. The third-order valence-electron chi connectivity index (χ3n) is 5.68. The summed E-state index contributed by atoms with van der Waals surface area (Å²) in [5, 5.41) is 12.2. The number of nitrogens with one attached hydrogen (secondary N) is 1. The van der Waals surface area contributed by atoms with E-state index in [-0.39, 0.29) is 12.4 Å². The van der Waals surface area contributed by atoms with Gasteiger partial charge in [-0.3, -0.25) is 4.90 Å². The van der Waals surface area contributed by atoms with Crippen molar-refractivity contribution in [2.75, 3.05) is 38.1 Å². The first-order chi connectivity index (χ1) is 12.7. The zero-order chi connectivity index (χ0) is 17.9. The number of aromatic nitrogens is 4. The van der Waals surface area contributed by atoms with Crippen molar-refractivity contribution in [2.45, 2.75) is 45.3 Å². The SMILES string of the molecule is CCN(C)c1ccc(CN2CCC(c3nnc4n3CCNC4)CC2)cn1.Cl. The molecule has 0 aromatic carbocycles. The van der Waals surface area contributed by atoms with Crippen LogP contribution in [0.5, 0.6) is 0 Å². The van der Waals surface area contributed by atoms with Gasteiger partial charge in [0.15, 0.2) is 0 Å². The first kappa shape index (κ1) is 20.0. The number of hydrogen-bond donors (Lipinski definition) is 1. The first-order valence-corrected chi connectivity index (χ1v) is 9.75. The topological polar surface area (TPSA) is 62.1 Å². The summed E-state index contributed by atoms with van der Waals surface area (Å²) in [6.45, 7) is 9.20. The quantitative estimate of drug-likeness (QED) is 0.841. The number of likely N-dealkylation sites (tertiary alicyclic amines) is 1. The highest BCUT2D eigenvalue weighted by molar-refractivity contribution is 5.85. The van der Waals surface area contributed by atoms with Crippen LogP contribution < -0.4 is 10.2 Å². The van der Waals surface area contributed by atoms with Gasteiger partial charge >= 0.3 is 0 Å². The second kappa shape index (κ2) is 8.99. The van der Waals surface area contributed by atoms with Crippen molar-refractivity contribution < 1.29 is 0 Å². The van der Waals surface area contributed by atoms with E-state index in [9.17, 15) is 0 Å². The van der Waals surface area contributed by atoms with Crippen molar-refractivity contribution in [3.63, 3.8) is 0 Å². The van der Waals surface area contributed by atoms with Crippen LogP contribution in [0.15, 0.2) is 18.3 Å². The average molecular weight is 392 g/mol. The van der Waals surface area contributed by atoms with E-state index < -0.39 is 0 Å². The lowest BCUT2D eigenvalue weighted by atomic mass is 9.95. The van der Waals surface area contributed by atoms with Gasteiger partial charge in [0.1, 0.15) is 17.5 Å². The Hall–Kier alpha value is -1.70. The summed E-state index contributed by atoms with van der Waals surface area (Å²) in [4.78, 5) is 9.28. The van der Waals surface area contributed by atoms with Crippen molar-refractivity contribution in [3.8, 4) is 0 Å². The van der Waals surface area contributed by atoms with Gasteiger partial charge in [0, 0.05) is 45.3 Å². The molecule has 148 valence electrons. The summed E-state index contributed by atoms with van der Waals surface area (Å²) in [6.07, 6.45) is 4.35. The van der Waals surface area contributed by atoms with Gasteiger partial charge in [0.05, 0.1) is 6.54 Å². The fourth-order valence-corrected chi connectivity index (χ4v) is 3.92. The molecule has 7 nitrogen and oxygen atoms in total. The van der Waals surface area contributed by atoms with E-state index >= 15 is 0 Å². The van der Waals surface area contributed by atoms with Gasteiger partial charge in [-0.1, -0.05) is 6.07 Å². The molecule has 2 aliphatic heterocycles. The molecule has 8 heteroatoms. The number of rotatable bonds is 5. The van der Waals surface area contributed by atoms with E-state index in [2.05, 4.69) is 61.0 Å². The predicted molar refractivity (Wildman–Crippen MR) is 109 cm³/mol. The van der Waals surface area contributed by atoms with Gasteiger partial charge in [0.25, 0.3) is 0 Å². The van der Waals surface area contributed by atoms with Gasteiger partial charge in [-0.15, -0.1) is 22.6 Å². The highest BCUT2D eigenvalue weighted by atomic mass is 35.5. The zero-order valence-corrected chi connectivity index (χ0v) is 17.1. The molecule has 1 fully saturated rings. The van der Waals surface area contributed by atoms with Crippen LogP contribution in [-0.2, 0) is 19.6 Å². The fourth-order valence-electron chi connectivity index (χ4n) is 3.92. The van der Waals surface area contributed by atoms with Crippen LogP contribution in [0.25, 0.3) is 0 Å². The molecular weight excluding hydrogens is 362 g/mol. The third-order valence-corrected chi connectivity index (χ3v) is 5.68. The molecule has 1 saturated heterocycles. The highest BCUT2D eigenvalue weighted by Crippen LogP contribution is 2.28. The maximum atomic E-state index is 4.59. The van der Waals surface area contributed by atoms with Crippen LogP contribution in [0.1, 0.15) is 42.9 Å². The molecule has 1 N–H and O–H groups in total. The predicted octanol–water partition coefficient (Wildman–Crippen LogP) is 2.03. The van der Waals surface area contributed by atoms with E-state index in [4.69, 9.17) is 0 Å². The average Bonchev–Trinajstić information content (AvgIpc) is 3.13. The number of hydrogen-bond acceptors (Lipinski definition) is 6. The highest BCUT2D eigenvalue weighted by Gasteiger charge is 2.27. The maximum Gasteiger partial charge on any atom is 0.147 e. The molecule has 0 unspecified atom stereocenters. The minimum atomic E-state index is 0. The Bertz CT molecular complexity index is 722. The normalized spacial score (nSPS) is 18.0. The van der Waals surface area contributed by atoms with Crippen LogP contribution >= 0.6 is 12.4 Å². The molecule has 4 rings (SSSR count). The fraction of sp³-hybridized carbons (Fsp3) is 0.632. The number of halogens is 1. The second-order valence-corrected chi connectivity index (χ2v) is 7.39. The first-order valence-electron chi connectivity index (χ1n) is 9.75. The van der Waals surface area contributed by atoms with Crippen molar-refractivity contribution in [3.05, 3.63) is 35.5 Å². The third kappa shape index (κ3) is 4.42. The molecule has 0 aliphatic carbocycles. The van der Waals surface area contributed by atoms with Crippen molar-refractivity contribution in [1.82, 2.24) is 30.0 Å². The lowest BCUT2D eigenvalue weighted by Gasteiger charge is -2.32. The molecule has 0 radical (unpaired) electrons. The monoisotopic (exact) mass is 391 g/mol. The molecule has 0 bridgehead atoms. The Morgan fingerprint density at radius 1 is 1.19 bits per heavy atom. The lowest BCUT2D eigenvalue weighted by Crippen LogP contribution is -2.34. The van der Waals surface area contributed by atoms with Gasteiger partial charge in [0.2, 0.25) is 0 Å². The molecule has 2 aromatic rings. The van der Waals surface area contributed by atoms with Crippen LogP contribution in [0, 0.1) is 0 Å². The van der Waals surface area contributed by atoms with E-state index in [1.807, 2.05) is 6.20 Å². The van der Waals surface area contributed by atoms with Gasteiger partial charge in [-0.05, 0) is 44.5 Å². The molecule has 4 heterocycles. The Kier molecular flexibility index (Phi) is 6.68. The molecule has 2 aromatic heterocycles. The summed E-state index contributed by atoms with van der Waals surface area (Å²) in [6, 6.07) is 4.34. The van der Waals surface area contributed by atoms with Crippen molar-refractivity contribution in [2.24, 2.45) is 0 Å². The minimum absolute atomic E-state index is 0. The van der Waals surface area contributed by atoms with Gasteiger partial charge < -0.3 is 14.8 Å². The number of piperidine rings is 1. The van der Waals surface area contributed by atoms with Crippen molar-refractivity contribution >= 4 is 18.2 Å². The molecule has 0 spiro atoms. The summed E-state index contributed by atoms with van der Waals surface area (Å²) in [5.41, 5.74) is 1.29. The number of fused-ring (bicyclic) bond motifs is 1. The molecule has 27 heavy (non-hydrogen) atoms. The summed E-state index contributed by atoms with van der Waals surface area (Å²) in [5.74, 6) is 3.89. The molecule has 0 saturated carbocycles. The van der Waals surface area contributed by atoms with E-state index in [0.29, 0.717) is 5.92 Å². The lowest BCUT2D eigenvalue weighted by molar-refractivity contribution is 0.199. The molecule has 2 aliphatic rings. The maximum absolute atomic E-state index is 4.59. The largest absolute Gasteiger partial charge is 0.360 e. The Morgan fingerprint density at radius 2 is 2.00 bits per heavy atom. The van der Waals surface area contributed by atoms with Crippen LogP contribution in [0.3, 0.4) is 0 Å². The number of anilines is 1. The summed E-state index contributed by atoms with van der Waals surface area (Å²) in [7, 11) is 2.08. The van der Waals surface area contributed by atoms with Crippen molar-refractivity contribution in [1.29, 1.82) is 0 Å². The van der Waals surface area contributed by atoms with E-state index in [1.165, 1.54) is 11.4 Å². The summed E-state index contributed by atoms with van der Waals surface area (Å²) < 4.78 is 2.34. The molecule has 0 amide bonds. The van der Waals surface area contributed by atoms with E-state index in [0.717, 1.165) is 70.3 Å². The van der Waals surface area contributed by atoms with Gasteiger partial charge in [-0.25, -0.2) is 4.98 Å². The van der Waals surface area contributed by atoms with Crippen LogP contribution in [0.4, 0.5) is 5.82 Å². The standard InChI is InChI=1S/C19H29N7.ClH/c1-3-24(2)17-5-4-15(12-21-17)14-25-9-6-16(7-10-25)19-23-22-18-13-20-8-11-26(18)19;/h4-5,12,16,20H,3,6-11,13-14H2,1-2H3;1H. The number of pyridine rings is 1. The Labute approximate surface area is 167 Å². The molecule has 0 atom stereocenters. The Morgan fingerprint density at radius 3 is 2.70 bits per heavy atom. The Balaban J connectivity index is 0.00000210. The minimum Gasteiger partial charge on any atom is -0.360 e.